The van der Waals surface area contributed by atoms with Gasteiger partial charge in [0.2, 0.25) is 5.91 Å². The van der Waals surface area contributed by atoms with E-state index < -0.39 is 29.8 Å². The minimum absolute atomic E-state index is 0.140. The molecule has 0 saturated carbocycles. The Bertz CT molecular complexity index is 1370. The Hall–Kier alpha value is -5.74. The Kier molecular flexibility index (Phi) is 12.7. The molecule has 0 aliphatic rings. The number of allylic oxidation sites excluding steroid dienone is 2. The lowest BCUT2D eigenvalue weighted by Crippen LogP contribution is -2.31. The maximum atomic E-state index is 13.0. The minimum atomic E-state index is -1.33. The van der Waals surface area contributed by atoms with Crippen molar-refractivity contribution >= 4 is 29.6 Å². The first-order valence-corrected chi connectivity index (χ1v) is 11.2. The van der Waals surface area contributed by atoms with Gasteiger partial charge in [-0.15, -0.1) is 0 Å². The molecule has 0 radical (unpaired) electrons. The molecule has 0 aliphatic heterocycles. The standard InChI is InChI=1S/C24H22N10O5/c25-32-29-14-28-24(37)13-19(20(35)9-6-17-4-2-1-3-5-17)21(36)10-7-18-8-11-22(38-15-30-33-26)23(12-18)39-16-31-34-27/h1-12,19H,13-16H2,(H,28,37)/b9-6+,10-7+. The molecule has 1 amide bonds. The van der Waals surface area contributed by atoms with Gasteiger partial charge in [0.05, 0.1) is 12.6 Å². The molecule has 15 nitrogen and oxygen atoms in total. The molecule has 1 atom stereocenters. The van der Waals surface area contributed by atoms with Crippen molar-refractivity contribution in [1.29, 1.82) is 0 Å². The second kappa shape index (κ2) is 16.8. The zero-order valence-electron chi connectivity index (χ0n) is 20.4. The van der Waals surface area contributed by atoms with E-state index in [-0.39, 0.29) is 31.6 Å². The number of ketones is 2. The van der Waals surface area contributed by atoms with E-state index in [1.807, 2.05) is 6.07 Å². The lowest BCUT2D eigenvalue weighted by atomic mass is 9.93. The molecule has 0 heterocycles. The van der Waals surface area contributed by atoms with Crippen LogP contribution in [0.1, 0.15) is 17.5 Å². The zero-order valence-corrected chi connectivity index (χ0v) is 20.4. The van der Waals surface area contributed by atoms with Crippen LogP contribution < -0.4 is 14.8 Å². The van der Waals surface area contributed by atoms with Crippen molar-refractivity contribution in [2.24, 2.45) is 21.3 Å². The maximum absolute atomic E-state index is 13.0. The van der Waals surface area contributed by atoms with Crippen molar-refractivity contribution in [3.8, 4) is 11.5 Å². The number of hydrogen-bond acceptors (Lipinski definition) is 8. The molecule has 0 saturated heterocycles. The number of nitrogens with one attached hydrogen (secondary N) is 1. The van der Waals surface area contributed by atoms with E-state index in [4.69, 9.17) is 26.1 Å². The van der Waals surface area contributed by atoms with Crippen molar-refractivity contribution in [2.45, 2.75) is 6.42 Å². The molecule has 0 spiro atoms. The normalized spacial score (nSPS) is 11.0. The van der Waals surface area contributed by atoms with Crippen molar-refractivity contribution < 1.29 is 23.9 Å². The van der Waals surface area contributed by atoms with Crippen LogP contribution in [-0.4, -0.2) is 37.6 Å². The van der Waals surface area contributed by atoms with Crippen LogP contribution in [0.15, 0.2) is 76.0 Å². The highest BCUT2D eigenvalue weighted by atomic mass is 16.5. The van der Waals surface area contributed by atoms with E-state index in [1.54, 1.807) is 30.3 Å². The number of benzene rings is 2. The molecule has 0 aromatic heterocycles. The summed E-state index contributed by atoms with van der Waals surface area (Å²) in [5.74, 6) is -2.88. The van der Waals surface area contributed by atoms with E-state index >= 15 is 0 Å². The molecule has 2 aromatic carbocycles. The number of rotatable bonds is 16. The second-order valence-electron chi connectivity index (χ2n) is 7.34. The van der Waals surface area contributed by atoms with E-state index in [2.05, 4.69) is 35.4 Å². The van der Waals surface area contributed by atoms with Crippen LogP contribution in [0.3, 0.4) is 0 Å². The largest absolute Gasteiger partial charge is 0.484 e. The Morgan fingerprint density at radius 1 is 0.795 bits per heavy atom. The predicted molar refractivity (Wildman–Crippen MR) is 141 cm³/mol. The monoisotopic (exact) mass is 530 g/mol. The fourth-order valence-electron chi connectivity index (χ4n) is 3.02. The van der Waals surface area contributed by atoms with Crippen LogP contribution in [0.25, 0.3) is 43.5 Å². The Labute approximate surface area is 221 Å². The van der Waals surface area contributed by atoms with Gasteiger partial charge in [0.15, 0.2) is 36.5 Å². The van der Waals surface area contributed by atoms with Crippen molar-refractivity contribution in [2.75, 3.05) is 20.1 Å². The fourth-order valence-corrected chi connectivity index (χ4v) is 3.02. The highest BCUT2D eigenvalue weighted by Gasteiger charge is 2.25. The van der Waals surface area contributed by atoms with Gasteiger partial charge in [-0.25, -0.2) is 0 Å². The number of hydrogen-bond donors (Lipinski definition) is 1. The van der Waals surface area contributed by atoms with Crippen LogP contribution in [0.4, 0.5) is 0 Å². The minimum Gasteiger partial charge on any atom is -0.484 e. The number of amides is 1. The zero-order chi connectivity index (χ0) is 28.3. The molecule has 1 unspecified atom stereocenters. The van der Waals surface area contributed by atoms with Gasteiger partial charge in [0.1, 0.15) is 0 Å². The Morgan fingerprint density at radius 2 is 1.38 bits per heavy atom. The number of azide groups is 3. The third kappa shape index (κ3) is 10.8. The number of nitrogens with zero attached hydrogens (tertiary/aromatic N) is 9. The molecule has 0 fully saturated rings. The molecule has 15 heteroatoms. The molecule has 0 aliphatic carbocycles. The SMILES string of the molecule is [N-]=[N+]=NCNC(=O)CC(C(=O)/C=C/c1ccccc1)C(=O)/C=C/c1ccc(OCN=[N+]=[N-])c(OCN=[N+]=[N-])c1. The van der Waals surface area contributed by atoms with Crippen LogP contribution in [0.5, 0.6) is 11.5 Å². The number of carbonyl (C=O) groups is 3. The quantitative estimate of drug-likeness (QED) is 0.101. The molecule has 2 aromatic rings. The van der Waals surface area contributed by atoms with Gasteiger partial charge in [0.25, 0.3) is 0 Å². The summed E-state index contributed by atoms with van der Waals surface area (Å²) in [4.78, 5) is 45.9. The summed E-state index contributed by atoms with van der Waals surface area (Å²) in [6.07, 6.45) is 4.84. The fraction of sp³-hybridized carbons (Fsp3) is 0.208. The van der Waals surface area contributed by atoms with Gasteiger partial charge in [-0.1, -0.05) is 63.9 Å². The lowest BCUT2D eigenvalue weighted by Gasteiger charge is -2.12. The van der Waals surface area contributed by atoms with E-state index in [1.165, 1.54) is 30.4 Å². The highest BCUT2D eigenvalue weighted by Crippen LogP contribution is 2.29. The van der Waals surface area contributed by atoms with Gasteiger partial charge in [-0.05, 0) is 52.0 Å². The summed E-state index contributed by atoms with van der Waals surface area (Å²) in [6, 6.07) is 13.5. The molecule has 1 N–H and O–H groups in total. The Balaban J connectivity index is 2.26. The van der Waals surface area contributed by atoms with Crippen molar-refractivity contribution in [1.82, 2.24) is 5.32 Å². The van der Waals surface area contributed by atoms with E-state index in [0.29, 0.717) is 5.56 Å². The third-order valence-corrected chi connectivity index (χ3v) is 4.82. The molecular formula is C24H22N10O5. The van der Waals surface area contributed by atoms with Crippen LogP contribution in [-0.2, 0) is 14.4 Å². The average Bonchev–Trinajstić information content (AvgIpc) is 2.95. The molecule has 39 heavy (non-hydrogen) atoms. The summed E-state index contributed by atoms with van der Waals surface area (Å²) >= 11 is 0. The smallest absolute Gasteiger partial charge is 0.221 e. The van der Waals surface area contributed by atoms with Crippen LogP contribution in [0.2, 0.25) is 0 Å². The predicted octanol–water partition coefficient (Wildman–Crippen LogP) is 5.23. The van der Waals surface area contributed by atoms with Gasteiger partial charge in [-0.3, -0.25) is 14.4 Å². The summed E-state index contributed by atoms with van der Waals surface area (Å²) < 4.78 is 10.7. The molecule has 2 rings (SSSR count). The van der Waals surface area contributed by atoms with Crippen molar-refractivity contribution in [3.63, 3.8) is 0 Å². The van der Waals surface area contributed by atoms with Crippen LogP contribution in [0, 0.1) is 5.92 Å². The van der Waals surface area contributed by atoms with Gasteiger partial charge in [-0.2, -0.15) is 0 Å². The van der Waals surface area contributed by atoms with E-state index in [9.17, 15) is 14.4 Å². The molecular weight excluding hydrogens is 508 g/mol. The topological polar surface area (TPSA) is 228 Å². The molecule has 198 valence electrons. The third-order valence-electron chi connectivity index (χ3n) is 4.82. The summed E-state index contributed by atoms with van der Waals surface area (Å²) in [7, 11) is 0. The number of ether oxygens (including phenoxy) is 2. The first-order chi connectivity index (χ1) is 19.0. The lowest BCUT2D eigenvalue weighted by molar-refractivity contribution is -0.132. The summed E-state index contributed by atoms with van der Waals surface area (Å²) in [5, 5.41) is 12.1. The van der Waals surface area contributed by atoms with Gasteiger partial charge in [0, 0.05) is 21.2 Å². The van der Waals surface area contributed by atoms with Crippen LogP contribution >= 0.6 is 0 Å². The first kappa shape index (κ1) is 29.5. The highest BCUT2D eigenvalue weighted by molar-refractivity contribution is 6.15. The maximum Gasteiger partial charge on any atom is 0.221 e. The Morgan fingerprint density at radius 3 is 2.00 bits per heavy atom. The van der Waals surface area contributed by atoms with E-state index in [0.717, 1.165) is 11.6 Å². The van der Waals surface area contributed by atoms with Gasteiger partial charge < -0.3 is 14.8 Å². The summed E-state index contributed by atoms with van der Waals surface area (Å²) in [5.41, 5.74) is 26.4. The number of carbonyl (C=O) groups excluding carboxylic acids is 3. The second-order valence-corrected chi connectivity index (χ2v) is 7.34. The van der Waals surface area contributed by atoms with Gasteiger partial charge >= 0.3 is 0 Å². The first-order valence-electron chi connectivity index (χ1n) is 11.2. The summed E-state index contributed by atoms with van der Waals surface area (Å²) in [6.45, 7) is -0.993. The van der Waals surface area contributed by atoms with Crippen molar-refractivity contribution in [3.05, 3.63) is 103 Å². The average molecular weight is 531 g/mol. The molecule has 0 bridgehead atoms.